The Morgan fingerprint density at radius 1 is 1.11 bits per heavy atom. The molecule has 0 spiro atoms. The second-order valence-corrected chi connectivity index (χ2v) is 9.27. The molecule has 2 aromatic carbocycles. The van der Waals surface area contributed by atoms with Crippen LogP contribution in [0.2, 0.25) is 0 Å². The molecule has 2 heterocycles. The lowest BCUT2D eigenvalue weighted by molar-refractivity contribution is -0.137. The first-order valence-corrected chi connectivity index (χ1v) is 12.2. The van der Waals surface area contributed by atoms with Crippen LogP contribution >= 0.6 is 11.3 Å². The average molecular weight is 534 g/mol. The van der Waals surface area contributed by atoms with E-state index in [0.717, 1.165) is 29.1 Å². The highest BCUT2D eigenvalue weighted by molar-refractivity contribution is 7.10. The Morgan fingerprint density at radius 3 is 2.46 bits per heavy atom. The van der Waals surface area contributed by atoms with Gasteiger partial charge in [0.1, 0.15) is 12.4 Å². The van der Waals surface area contributed by atoms with Gasteiger partial charge < -0.3 is 9.64 Å². The summed E-state index contributed by atoms with van der Waals surface area (Å²) < 4.78 is 58.3. The molecule has 1 aliphatic rings. The molecule has 194 valence electrons. The van der Waals surface area contributed by atoms with Gasteiger partial charge in [0.05, 0.1) is 23.9 Å². The summed E-state index contributed by atoms with van der Waals surface area (Å²) in [5, 5.41) is 7.55. The highest BCUT2D eigenvalue weighted by Gasteiger charge is 2.36. The SMILES string of the molecule is COCCN(CC(=O)N1N=C(c2ccccc2F)CC1c1cccs1)C(=O)c1ccc(C(F)(F)F)cc1. The van der Waals surface area contributed by atoms with Crippen molar-refractivity contribution < 1.29 is 31.9 Å². The van der Waals surface area contributed by atoms with Crippen LogP contribution in [0.25, 0.3) is 0 Å². The Balaban J connectivity index is 1.59. The lowest BCUT2D eigenvalue weighted by atomic mass is 10.0. The minimum Gasteiger partial charge on any atom is -0.383 e. The zero-order valence-electron chi connectivity index (χ0n) is 19.7. The van der Waals surface area contributed by atoms with Crippen molar-refractivity contribution in [3.63, 3.8) is 0 Å². The number of benzene rings is 2. The fourth-order valence-electron chi connectivity index (χ4n) is 3.97. The lowest BCUT2D eigenvalue weighted by Crippen LogP contribution is -2.42. The number of carbonyl (C=O) groups is 2. The van der Waals surface area contributed by atoms with Gasteiger partial charge in [0.25, 0.3) is 11.8 Å². The number of methoxy groups -OCH3 is 1. The number of halogens is 4. The Morgan fingerprint density at radius 2 is 1.84 bits per heavy atom. The van der Waals surface area contributed by atoms with E-state index in [1.165, 1.54) is 34.4 Å². The Bertz CT molecular complexity index is 1280. The summed E-state index contributed by atoms with van der Waals surface area (Å²) in [5.41, 5.74) is -0.183. The van der Waals surface area contributed by atoms with Gasteiger partial charge in [-0.1, -0.05) is 24.3 Å². The van der Waals surface area contributed by atoms with Crippen LogP contribution in [-0.4, -0.2) is 54.2 Å². The van der Waals surface area contributed by atoms with Crippen LogP contribution in [0.3, 0.4) is 0 Å². The molecule has 4 rings (SSSR count). The Labute approximate surface area is 214 Å². The van der Waals surface area contributed by atoms with E-state index >= 15 is 0 Å². The van der Waals surface area contributed by atoms with Crippen LogP contribution < -0.4 is 0 Å². The molecular weight excluding hydrogens is 510 g/mol. The van der Waals surface area contributed by atoms with E-state index in [0.29, 0.717) is 5.71 Å². The van der Waals surface area contributed by atoms with Crippen molar-refractivity contribution in [3.8, 4) is 0 Å². The molecule has 11 heteroatoms. The van der Waals surface area contributed by atoms with Gasteiger partial charge in [-0.25, -0.2) is 9.40 Å². The first kappa shape index (κ1) is 26.5. The van der Waals surface area contributed by atoms with Gasteiger partial charge in [0.15, 0.2) is 0 Å². The van der Waals surface area contributed by atoms with Gasteiger partial charge in [-0.3, -0.25) is 9.59 Å². The Hall–Kier alpha value is -3.57. The lowest BCUT2D eigenvalue weighted by Gasteiger charge is -2.26. The van der Waals surface area contributed by atoms with Crippen molar-refractivity contribution in [2.75, 3.05) is 26.8 Å². The van der Waals surface area contributed by atoms with Gasteiger partial charge >= 0.3 is 6.18 Å². The quantitative estimate of drug-likeness (QED) is 0.366. The number of hydrogen-bond acceptors (Lipinski definition) is 5. The number of ether oxygens (including phenoxy) is 1. The predicted octanol–water partition coefficient (Wildman–Crippen LogP) is 5.37. The molecule has 1 aromatic heterocycles. The van der Waals surface area contributed by atoms with Crippen LogP contribution in [0, 0.1) is 5.82 Å². The highest BCUT2D eigenvalue weighted by Crippen LogP contribution is 2.36. The van der Waals surface area contributed by atoms with Gasteiger partial charge in [-0.15, -0.1) is 11.3 Å². The molecule has 1 unspecified atom stereocenters. The summed E-state index contributed by atoms with van der Waals surface area (Å²) in [6.07, 6.45) is -4.24. The summed E-state index contributed by atoms with van der Waals surface area (Å²) in [4.78, 5) is 28.6. The number of hydrazone groups is 1. The number of hydrogen-bond donors (Lipinski definition) is 0. The summed E-state index contributed by atoms with van der Waals surface area (Å²) >= 11 is 1.43. The van der Waals surface area contributed by atoms with Crippen molar-refractivity contribution in [2.45, 2.75) is 18.6 Å². The van der Waals surface area contributed by atoms with Gasteiger partial charge in [-0.2, -0.15) is 18.3 Å². The molecule has 0 saturated carbocycles. The molecule has 0 bridgehead atoms. The standard InChI is InChI=1S/C26H23F4N3O3S/c1-36-13-12-32(25(35)17-8-10-18(11-9-17)26(28,29)30)16-24(34)33-22(23-7-4-14-37-23)15-21(31-33)19-5-2-3-6-20(19)27/h2-11,14,22H,12-13,15-16H2,1H3. The van der Waals surface area contributed by atoms with E-state index in [1.54, 1.807) is 18.2 Å². The third-order valence-electron chi connectivity index (χ3n) is 5.86. The maximum absolute atomic E-state index is 14.5. The topological polar surface area (TPSA) is 62.2 Å². The fourth-order valence-corrected chi connectivity index (χ4v) is 4.79. The first-order valence-electron chi connectivity index (χ1n) is 11.3. The third kappa shape index (κ3) is 6.05. The third-order valence-corrected chi connectivity index (χ3v) is 6.83. The summed E-state index contributed by atoms with van der Waals surface area (Å²) in [5.74, 6) is -1.59. The molecule has 1 atom stereocenters. The van der Waals surface area contributed by atoms with Crippen molar-refractivity contribution in [1.29, 1.82) is 0 Å². The second kappa shape index (κ2) is 11.2. The van der Waals surface area contributed by atoms with Crippen LogP contribution in [0.5, 0.6) is 0 Å². The molecule has 6 nitrogen and oxygen atoms in total. The molecule has 0 saturated heterocycles. The fraction of sp³-hybridized carbons (Fsp3) is 0.269. The van der Waals surface area contributed by atoms with Crippen molar-refractivity contribution in [2.24, 2.45) is 5.10 Å². The van der Waals surface area contributed by atoms with Crippen molar-refractivity contribution in [1.82, 2.24) is 9.91 Å². The largest absolute Gasteiger partial charge is 0.416 e. The normalized spacial score (nSPS) is 15.5. The number of amides is 2. The number of thiophene rings is 1. The van der Waals surface area contributed by atoms with Crippen LogP contribution in [0.1, 0.15) is 38.8 Å². The molecule has 0 fully saturated rings. The van der Waals surface area contributed by atoms with E-state index < -0.39 is 35.4 Å². The average Bonchev–Trinajstić information content (AvgIpc) is 3.56. The maximum atomic E-state index is 14.5. The Kier molecular flexibility index (Phi) is 8.03. The van der Waals surface area contributed by atoms with Crippen LogP contribution in [-0.2, 0) is 15.7 Å². The molecule has 0 N–H and O–H groups in total. The highest BCUT2D eigenvalue weighted by atomic mass is 32.1. The molecule has 37 heavy (non-hydrogen) atoms. The number of nitrogens with zero attached hydrogens (tertiary/aromatic N) is 3. The summed E-state index contributed by atoms with van der Waals surface area (Å²) in [6, 6.07) is 13.2. The molecule has 0 aliphatic carbocycles. The molecule has 2 amide bonds. The molecule has 1 aliphatic heterocycles. The van der Waals surface area contributed by atoms with E-state index in [-0.39, 0.29) is 37.2 Å². The second-order valence-electron chi connectivity index (χ2n) is 8.29. The molecule has 3 aromatic rings. The summed E-state index contributed by atoms with van der Waals surface area (Å²) in [6.45, 7) is -0.250. The van der Waals surface area contributed by atoms with E-state index in [2.05, 4.69) is 5.10 Å². The van der Waals surface area contributed by atoms with E-state index in [9.17, 15) is 27.2 Å². The number of carbonyl (C=O) groups excluding carboxylic acids is 2. The van der Waals surface area contributed by atoms with Crippen molar-refractivity contribution >= 4 is 28.9 Å². The smallest absolute Gasteiger partial charge is 0.383 e. The van der Waals surface area contributed by atoms with E-state index in [4.69, 9.17) is 4.74 Å². The van der Waals surface area contributed by atoms with Gasteiger partial charge in [-0.05, 0) is 41.8 Å². The number of alkyl halides is 3. The van der Waals surface area contributed by atoms with E-state index in [1.807, 2.05) is 17.5 Å². The minimum atomic E-state index is -4.53. The van der Waals surface area contributed by atoms with Gasteiger partial charge in [0.2, 0.25) is 0 Å². The monoisotopic (exact) mass is 533 g/mol. The van der Waals surface area contributed by atoms with Crippen LogP contribution in [0.4, 0.5) is 17.6 Å². The maximum Gasteiger partial charge on any atom is 0.416 e. The molecule has 0 radical (unpaired) electrons. The summed E-state index contributed by atoms with van der Waals surface area (Å²) in [7, 11) is 1.43. The van der Waals surface area contributed by atoms with Crippen molar-refractivity contribution in [3.05, 3.63) is 93.4 Å². The van der Waals surface area contributed by atoms with Gasteiger partial charge in [0, 0.05) is 36.1 Å². The molecular formula is C26H23F4N3O3S. The predicted molar refractivity (Wildman–Crippen MR) is 131 cm³/mol. The first-order chi connectivity index (χ1) is 17.7. The van der Waals surface area contributed by atoms with Crippen LogP contribution in [0.15, 0.2) is 71.1 Å². The zero-order chi connectivity index (χ0) is 26.6. The minimum absolute atomic E-state index is 0.00341. The zero-order valence-corrected chi connectivity index (χ0v) is 20.6. The number of rotatable bonds is 8.